The van der Waals surface area contributed by atoms with E-state index in [-0.39, 0.29) is 6.04 Å². The molecule has 0 aliphatic carbocycles. The first-order valence-corrected chi connectivity index (χ1v) is 7.22. The van der Waals surface area contributed by atoms with Crippen molar-refractivity contribution in [3.63, 3.8) is 0 Å². The van der Waals surface area contributed by atoms with Gasteiger partial charge in [-0.05, 0) is 27.7 Å². The number of carbonyl (C=O) groups excluding carboxylic acids is 1. The van der Waals surface area contributed by atoms with Crippen LogP contribution in [0.15, 0.2) is 10.0 Å². The van der Waals surface area contributed by atoms with E-state index in [2.05, 4.69) is 15.5 Å². The van der Waals surface area contributed by atoms with Crippen molar-refractivity contribution in [3.05, 3.63) is 28.2 Å². The fourth-order valence-corrected chi connectivity index (χ4v) is 2.83. The maximum Gasteiger partial charge on any atom is 0.360 e. The molecule has 2 rings (SSSR count). The summed E-state index contributed by atoms with van der Waals surface area (Å²) in [6, 6.07) is -0.0325. The third-order valence-electron chi connectivity index (χ3n) is 2.91. The molecule has 2 aromatic heterocycles. The van der Waals surface area contributed by atoms with E-state index < -0.39 is 5.97 Å². The Morgan fingerprint density at radius 3 is 2.90 bits per heavy atom. The van der Waals surface area contributed by atoms with Gasteiger partial charge < -0.3 is 14.6 Å². The van der Waals surface area contributed by atoms with Crippen LogP contribution in [0.25, 0.3) is 0 Å². The van der Waals surface area contributed by atoms with Crippen LogP contribution in [0.2, 0.25) is 0 Å². The third kappa shape index (κ3) is 2.82. The van der Waals surface area contributed by atoms with Gasteiger partial charge in [0.25, 0.3) is 0 Å². The van der Waals surface area contributed by atoms with Gasteiger partial charge in [-0.1, -0.05) is 5.16 Å². The molecule has 0 spiro atoms. The molecule has 6 nitrogen and oxygen atoms in total. The first-order chi connectivity index (χ1) is 9.54. The van der Waals surface area contributed by atoms with E-state index in [1.54, 1.807) is 12.4 Å². The summed E-state index contributed by atoms with van der Waals surface area (Å²) in [6.07, 6.45) is 0. The Hall–Kier alpha value is -1.89. The number of hydrogen-bond donors (Lipinski definition) is 1. The van der Waals surface area contributed by atoms with Crippen LogP contribution in [0.3, 0.4) is 0 Å². The predicted octanol–water partition coefficient (Wildman–Crippen LogP) is 3.10. The summed E-state index contributed by atoms with van der Waals surface area (Å²) in [5.41, 5.74) is 3.77. The largest absolute Gasteiger partial charge is 0.461 e. The number of carbonyl (C=O) groups is 1. The summed E-state index contributed by atoms with van der Waals surface area (Å²) in [5, 5.41) is 7.89. The van der Waals surface area contributed by atoms with Crippen molar-refractivity contribution in [2.45, 2.75) is 33.7 Å². The van der Waals surface area contributed by atoms with Crippen LogP contribution in [-0.2, 0) is 4.74 Å². The zero-order valence-corrected chi connectivity index (χ0v) is 12.7. The lowest BCUT2D eigenvalue weighted by Crippen LogP contribution is -2.12. The number of aryl methyl sites for hydroxylation is 2. The summed E-state index contributed by atoms with van der Waals surface area (Å²) in [5.74, 6) is 0.354. The Bertz CT molecular complexity index is 586. The van der Waals surface area contributed by atoms with Crippen molar-refractivity contribution in [1.29, 1.82) is 0 Å². The molecule has 0 aliphatic rings. The molecule has 0 saturated carbocycles. The number of esters is 1. The minimum absolute atomic E-state index is 0.0325. The van der Waals surface area contributed by atoms with Gasteiger partial charge in [0.15, 0.2) is 5.69 Å². The molecule has 0 fully saturated rings. The van der Waals surface area contributed by atoms with Crippen molar-refractivity contribution < 1.29 is 14.1 Å². The van der Waals surface area contributed by atoms with E-state index in [4.69, 9.17) is 9.26 Å². The van der Waals surface area contributed by atoms with Gasteiger partial charge in [-0.25, -0.2) is 9.78 Å². The Labute approximate surface area is 121 Å². The summed E-state index contributed by atoms with van der Waals surface area (Å²) in [7, 11) is 0. The van der Waals surface area contributed by atoms with E-state index in [1.807, 2.05) is 20.8 Å². The van der Waals surface area contributed by atoms with Crippen LogP contribution in [0.5, 0.6) is 0 Å². The number of nitrogens with one attached hydrogen (secondary N) is 1. The van der Waals surface area contributed by atoms with E-state index in [0.717, 1.165) is 17.0 Å². The number of hydrogen-bond acceptors (Lipinski definition) is 7. The fourth-order valence-electron chi connectivity index (χ4n) is 2.07. The molecule has 0 aliphatic heterocycles. The van der Waals surface area contributed by atoms with Gasteiger partial charge in [-0.15, -0.1) is 11.3 Å². The van der Waals surface area contributed by atoms with E-state index in [0.29, 0.717) is 17.3 Å². The van der Waals surface area contributed by atoms with Crippen molar-refractivity contribution in [2.75, 3.05) is 11.9 Å². The molecule has 20 heavy (non-hydrogen) atoms. The summed E-state index contributed by atoms with van der Waals surface area (Å²) in [4.78, 5) is 15.8. The topological polar surface area (TPSA) is 77.2 Å². The van der Waals surface area contributed by atoms with Gasteiger partial charge in [-0.2, -0.15) is 0 Å². The standard InChI is InChI=1S/C13H17N3O3S/c1-5-18-13(17)11-12(20-6-14-11)15-7(2)10-8(3)16-19-9(10)4/h6-7,15H,5H2,1-4H3. The van der Waals surface area contributed by atoms with Gasteiger partial charge in [0.1, 0.15) is 10.8 Å². The SMILES string of the molecule is CCOC(=O)c1ncsc1NC(C)c1c(C)noc1C. The number of aromatic nitrogens is 2. The molecule has 0 bridgehead atoms. The molecule has 2 aromatic rings. The molecule has 1 N–H and O–H groups in total. The highest BCUT2D eigenvalue weighted by atomic mass is 32.1. The number of thiazole rings is 1. The number of nitrogens with zero attached hydrogens (tertiary/aromatic N) is 2. The highest BCUT2D eigenvalue weighted by molar-refractivity contribution is 7.14. The van der Waals surface area contributed by atoms with Crippen LogP contribution < -0.4 is 5.32 Å². The normalized spacial score (nSPS) is 12.2. The predicted molar refractivity (Wildman–Crippen MR) is 76.1 cm³/mol. The lowest BCUT2D eigenvalue weighted by molar-refractivity contribution is 0.0521. The molecule has 1 unspecified atom stereocenters. The Balaban J connectivity index is 2.19. The highest BCUT2D eigenvalue weighted by Gasteiger charge is 2.21. The van der Waals surface area contributed by atoms with Crippen molar-refractivity contribution in [2.24, 2.45) is 0 Å². The van der Waals surface area contributed by atoms with Crippen molar-refractivity contribution in [3.8, 4) is 0 Å². The zero-order chi connectivity index (χ0) is 14.7. The molecule has 1 atom stereocenters. The van der Waals surface area contributed by atoms with Crippen LogP contribution in [0.1, 0.15) is 47.4 Å². The second kappa shape index (κ2) is 6.04. The molecule has 0 amide bonds. The first kappa shape index (κ1) is 14.5. The Morgan fingerprint density at radius 1 is 1.55 bits per heavy atom. The second-order valence-electron chi connectivity index (χ2n) is 4.35. The molecular formula is C13H17N3O3S. The summed E-state index contributed by atoms with van der Waals surface area (Å²) < 4.78 is 10.1. The zero-order valence-electron chi connectivity index (χ0n) is 11.9. The van der Waals surface area contributed by atoms with E-state index >= 15 is 0 Å². The molecule has 2 heterocycles. The van der Waals surface area contributed by atoms with Crippen LogP contribution >= 0.6 is 11.3 Å². The van der Waals surface area contributed by atoms with Gasteiger partial charge in [0, 0.05) is 5.56 Å². The number of rotatable bonds is 5. The Morgan fingerprint density at radius 2 is 2.30 bits per heavy atom. The first-order valence-electron chi connectivity index (χ1n) is 6.34. The third-order valence-corrected chi connectivity index (χ3v) is 3.66. The van der Waals surface area contributed by atoms with Crippen molar-refractivity contribution >= 4 is 22.3 Å². The summed E-state index contributed by atoms with van der Waals surface area (Å²) >= 11 is 1.37. The average Bonchev–Trinajstić information content (AvgIpc) is 2.97. The highest BCUT2D eigenvalue weighted by Crippen LogP contribution is 2.29. The van der Waals surface area contributed by atoms with Gasteiger partial charge >= 0.3 is 5.97 Å². The lowest BCUT2D eigenvalue weighted by Gasteiger charge is -2.14. The van der Waals surface area contributed by atoms with E-state index in [1.165, 1.54) is 11.3 Å². The minimum atomic E-state index is -0.415. The number of anilines is 1. The number of ether oxygens (including phenoxy) is 1. The maximum absolute atomic E-state index is 11.8. The van der Waals surface area contributed by atoms with Gasteiger partial charge in [-0.3, -0.25) is 0 Å². The Kier molecular flexibility index (Phi) is 4.39. The lowest BCUT2D eigenvalue weighted by atomic mass is 10.1. The molecule has 108 valence electrons. The average molecular weight is 295 g/mol. The fraction of sp³-hybridized carbons (Fsp3) is 0.462. The van der Waals surface area contributed by atoms with Crippen LogP contribution in [0.4, 0.5) is 5.00 Å². The van der Waals surface area contributed by atoms with Gasteiger partial charge in [0.2, 0.25) is 0 Å². The van der Waals surface area contributed by atoms with Gasteiger partial charge in [0.05, 0.1) is 23.9 Å². The smallest absolute Gasteiger partial charge is 0.360 e. The summed E-state index contributed by atoms with van der Waals surface area (Å²) in [6.45, 7) is 7.84. The quantitative estimate of drug-likeness (QED) is 0.854. The minimum Gasteiger partial charge on any atom is -0.461 e. The molecule has 0 radical (unpaired) electrons. The molecular weight excluding hydrogens is 278 g/mol. The van der Waals surface area contributed by atoms with Crippen LogP contribution in [-0.4, -0.2) is 22.7 Å². The second-order valence-corrected chi connectivity index (χ2v) is 5.21. The van der Waals surface area contributed by atoms with E-state index in [9.17, 15) is 4.79 Å². The van der Waals surface area contributed by atoms with Crippen LogP contribution in [0, 0.1) is 13.8 Å². The monoisotopic (exact) mass is 295 g/mol. The van der Waals surface area contributed by atoms with Crippen molar-refractivity contribution in [1.82, 2.24) is 10.1 Å². The maximum atomic E-state index is 11.8. The molecule has 0 saturated heterocycles. The molecule has 0 aromatic carbocycles. The molecule has 7 heteroatoms.